The molecular formula is C15H21F3N2. The third-order valence-electron chi connectivity index (χ3n) is 3.87. The van der Waals surface area contributed by atoms with Gasteiger partial charge in [0.05, 0.1) is 0 Å². The predicted octanol–water partition coefficient (Wildman–Crippen LogP) is 3.22. The summed E-state index contributed by atoms with van der Waals surface area (Å²) in [7, 11) is 1.58. The number of alkyl halides is 3. The minimum atomic E-state index is -4.25. The average molecular weight is 286 g/mol. The van der Waals surface area contributed by atoms with E-state index in [4.69, 9.17) is 0 Å². The summed E-state index contributed by atoms with van der Waals surface area (Å²) < 4.78 is 40.1. The van der Waals surface area contributed by atoms with Gasteiger partial charge in [-0.3, -0.25) is 4.90 Å². The van der Waals surface area contributed by atoms with Gasteiger partial charge in [0.1, 0.15) is 6.04 Å². The molecule has 112 valence electrons. The second kappa shape index (κ2) is 6.59. The monoisotopic (exact) mass is 286 g/mol. The van der Waals surface area contributed by atoms with E-state index in [9.17, 15) is 13.2 Å². The van der Waals surface area contributed by atoms with Crippen LogP contribution in [0.25, 0.3) is 0 Å². The Bertz CT molecular complexity index is 399. The maximum absolute atomic E-state index is 13.4. The van der Waals surface area contributed by atoms with Gasteiger partial charge >= 0.3 is 6.18 Å². The Morgan fingerprint density at radius 1 is 1.20 bits per heavy atom. The molecule has 5 heteroatoms. The number of piperidine rings is 1. The molecule has 0 radical (unpaired) electrons. The van der Waals surface area contributed by atoms with Crippen LogP contribution in [-0.2, 0) is 0 Å². The van der Waals surface area contributed by atoms with Crippen LogP contribution in [0.2, 0.25) is 0 Å². The smallest absolute Gasteiger partial charge is 0.317 e. The van der Waals surface area contributed by atoms with Crippen LogP contribution in [0.5, 0.6) is 0 Å². The molecule has 2 rings (SSSR count). The van der Waals surface area contributed by atoms with Gasteiger partial charge in [-0.15, -0.1) is 0 Å². The fourth-order valence-electron chi connectivity index (χ4n) is 2.91. The van der Waals surface area contributed by atoms with Crippen molar-refractivity contribution in [3.05, 3.63) is 35.9 Å². The highest BCUT2D eigenvalue weighted by atomic mass is 19.4. The molecule has 0 amide bonds. The van der Waals surface area contributed by atoms with Crippen molar-refractivity contribution in [3.63, 3.8) is 0 Å². The number of hydrogen-bond acceptors (Lipinski definition) is 2. The number of hydrogen-bond donors (Lipinski definition) is 1. The van der Waals surface area contributed by atoms with Crippen molar-refractivity contribution in [1.29, 1.82) is 0 Å². The number of nitrogens with zero attached hydrogens (tertiary/aromatic N) is 1. The van der Waals surface area contributed by atoms with E-state index in [1.54, 1.807) is 37.4 Å². The normalized spacial score (nSPS) is 19.2. The minimum absolute atomic E-state index is 0.316. The molecule has 1 unspecified atom stereocenters. The predicted molar refractivity (Wildman–Crippen MR) is 73.5 cm³/mol. The van der Waals surface area contributed by atoms with Crippen molar-refractivity contribution in [3.8, 4) is 0 Å². The zero-order chi connectivity index (χ0) is 14.6. The van der Waals surface area contributed by atoms with Crippen LogP contribution < -0.4 is 5.32 Å². The molecule has 1 aliphatic heterocycles. The summed E-state index contributed by atoms with van der Waals surface area (Å²) in [5.74, 6) is 0.342. The molecule has 0 aromatic heterocycles. The summed E-state index contributed by atoms with van der Waals surface area (Å²) in [6, 6.07) is 6.65. The minimum Gasteiger partial charge on any atom is -0.317 e. The number of rotatable bonds is 4. The Balaban J connectivity index is 2.10. The van der Waals surface area contributed by atoms with E-state index < -0.39 is 12.2 Å². The van der Waals surface area contributed by atoms with Crippen molar-refractivity contribution in [2.24, 2.45) is 5.92 Å². The molecule has 20 heavy (non-hydrogen) atoms. The van der Waals surface area contributed by atoms with E-state index in [1.165, 1.54) is 4.90 Å². The van der Waals surface area contributed by atoms with Gasteiger partial charge in [-0.2, -0.15) is 13.2 Å². The Labute approximate surface area is 118 Å². The summed E-state index contributed by atoms with van der Waals surface area (Å²) >= 11 is 0. The van der Waals surface area contributed by atoms with E-state index in [0.29, 0.717) is 18.0 Å². The summed E-state index contributed by atoms with van der Waals surface area (Å²) in [4.78, 5) is 1.45. The first-order chi connectivity index (χ1) is 9.48. The first-order valence-electron chi connectivity index (χ1n) is 7.01. The zero-order valence-electron chi connectivity index (χ0n) is 11.7. The lowest BCUT2D eigenvalue weighted by Crippen LogP contribution is -2.41. The van der Waals surface area contributed by atoms with Crippen LogP contribution in [0, 0.1) is 5.92 Å². The van der Waals surface area contributed by atoms with E-state index >= 15 is 0 Å². The molecular weight excluding hydrogens is 265 g/mol. The standard InChI is InChI=1S/C15H21F3N2/c1-20(11-12-7-9-19-10-8-12)14(15(16,17)18)13-5-3-2-4-6-13/h2-6,12,14,19H,7-11H2,1H3. The Kier molecular flexibility index (Phi) is 5.05. The van der Waals surface area contributed by atoms with Crippen LogP contribution in [0.4, 0.5) is 13.2 Å². The third-order valence-corrected chi connectivity index (χ3v) is 3.87. The second-order valence-corrected chi connectivity index (χ2v) is 5.49. The molecule has 0 bridgehead atoms. The summed E-state index contributed by atoms with van der Waals surface area (Å²) in [5, 5.41) is 3.24. The lowest BCUT2D eigenvalue weighted by Gasteiger charge is -2.34. The van der Waals surface area contributed by atoms with Gasteiger partial charge in [0.15, 0.2) is 0 Å². The van der Waals surface area contributed by atoms with Gasteiger partial charge in [-0.1, -0.05) is 30.3 Å². The molecule has 1 aromatic carbocycles. The van der Waals surface area contributed by atoms with Gasteiger partial charge in [-0.05, 0) is 44.5 Å². The van der Waals surface area contributed by atoms with E-state index in [-0.39, 0.29) is 0 Å². The van der Waals surface area contributed by atoms with Crippen LogP contribution in [-0.4, -0.2) is 37.8 Å². The molecule has 1 N–H and O–H groups in total. The van der Waals surface area contributed by atoms with Gasteiger partial charge in [0.25, 0.3) is 0 Å². The third kappa shape index (κ3) is 3.96. The van der Waals surface area contributed by atoms with Crippen molar-refractivity contribution < 1.29 is 13.2 Å². The molecule has 1 atom stereocenters. The largest absolute Gasteiger partial charge is 0.408 e. The maximum atomic E-state index is 13.4. The highest BCUT2D eigenvalue weighted by molar-refractivity contribution is 5.20. The van der Waals surface area contributed by atoms with Gasteiger partial charge < -0.3 is 5.32 Å². The summed E-state index contributed by atoms with van der Waals surface area (Å²) in [6.07, 6.45) is -2.35. The Morgan fingerprint density at radius 3 is 2.35 bits per heavy atom. The fourth-order valence-corrected chi connectivity index (χ4v) is 2.91. The molecule has 1 aromatic rings. The van der Waals surface area contributed by atoms with Crippen molar-refractivity contribution in [2.45, 2.75) is 25.1 Å². The zero-order valence-corrected chi connectivity index (χ0v) is 11.7. The molecule has 0 aliphatic carbocycles. The maximum Gasteiger partial charge on any atom is 0.408 e. The highest BCUT2D eigenvalue weighted by Gasteiger charge is 2.43. The van der Waals surface area contributed by atoms with Crippen molar-refractivity contribution >= 4 is 0 Å². The Morgan fingerprint density at radius 2 is 1.80 bits per heavy atom. The number of nitrogens with one attached hydrogen (secondary N) is 1. The summed E-state index contributed by atoms with van der Waals surface area (Å²) in [6.45, 7) is 2.29. The van der Waals surface area contributed by atoms with Crippen LogP contribution in [0.15, 0.2) is 30.3 Å². The lowest BCUT2D eigenvalue weighted by atomic mass is 9.96. The molecule has 1 fully saturated rings. The second-order valence-electron chi connectivity index (χ2n) is 5.49. The highest BCUT2D eigenvalue weighted by Crippen LogP contribution is 2.37. The molecule has 1 saturated heterocycles. The van der Waals surface area contributed by atoms with E-state index in [1.807, 2.05) is 0 Å². The van der Waals surface area contributed by atoms with Crippen molar-refractivity contribution in [2.75, 3.05) is 26.7 Å². The molecule has 2 nitrogen and oxygen atoms in total. The van der Waals surface area contributed by atoms with Gasteiger partial charge in [0, 0.05) is 6.54 Å². The molecule has 0 saturated carbocycles. The lowest BCUT2D eigenvalue weighted by molar-refractivity contribution is -0.184. The van der Waals surface area contributed by atoms with Crippen LogP contribution in [0.3, 0.4) is 0 Å². The first-order valence-corrected chi connectivity index (χ1v) is 7.01. The number of halogens is 3. The SMILES string of the molecule is CN(CC1CCNCC1)C(c1ccccc1)C(F)(F)F. The quantitative estimate of drug-likeness (QED) is 0.914. The van der Waals surface area contributed by atoms with Gasteiger partial charge in [0.2, 0.25) is 0 Å². The van der Waals surface area contributed by atoms with Crippen LogP contribution in [0.1, 0.15) is 24.4 Å². The topological polar surface area (TPSA) is 15.3 Å². The van der Waals surface area contributed by atoms with Crippen LogP contribution >= 0.6 is 0 Å². The van der Waals surface area contributed by atoms with Crippen molar-refractivity contribution in [1.82, 2.24) is 10.2 Å². The van der Waals surface area contributed by atoms with E-state index in [0.717, 1.165) is 25.9 Å². The first kappa shape index (κ1) is 15.3. The number of benzene rings is 1. The van der Waals surface area contributed by atoms with Gasteiger partial charge in [-0.25, -0.2) is 0 Å². The molecule has 0 spiro atoms. The average Bonchev–Trinajstić information content (AvgIpc) is 2.39. The molecule has 1 aliphatic rings. The Hall–Kier alpha value is -1.07. The van der Waals surface area contributed by atoms with E-state index in [2.05, 4.69) is 5.32 Å². The summed E-state index contributed by atoms with van der Waals surface area (Å²) in [5.41, 5.74) is 0.316. The fraction of sp³-hybridized carbons (Fsp3) is 0.600. The molecule has 1 heterocycles.